The Morgan fingerprint density at radius 1 is 1.21 bits per heavy atom. The van der Waals surface area contributed by atoms with Gasteiger partial charge in [0.15, 0.2) is 5.96 Å². The Bertz CT molecular complexity index is 835. The number of anilines is 2. The van der Waals surface area contributed by atoms with Gasteiger partial charge in [-0.3, -0.25) is 9.79 Å². The number of rotatable bonds is 6. The molecule has 1 amide bonds. The van der Waals surface area contributed by atoms with Crippen molar-refractivity contribution in [3.05, 3.63) is 59.7 Å². The van der Waals surface area contributed by atoms with Crippen molar-refractivity contribution in [2.24, 2.45) is 10.7 Å². The summed E-state index contributed by atoms with van der Waals surface area (Å²) in [6.45, 7) is 5.62. The molecule has 2 aromatic carbocycles. The monoisotopic (exact) mass is 492 g/mol. The second-order valence-electron chi connectivity index (χ2n) is 7.20. The van der Waals surface area contributed by atoms with Crippen LogP contribution < -0.4 is 16.0 Å². The van der Waals surface area contributed by atoms with E-state index in [1.807, 2.05) is 35.2 Å². The van der Waals surface area contributed by atoms with E-state index in [0.29, 0.717) is 31.3 Å². The largest absolute Gasteiger partial charge is 0.370 e. The lowest BCUT2D eigenvalue weighted by Crippen LogP contribution is -2.28. The van der Waals surface area contributed by atoms with Crippen LogP contribution in [0.4, 0.5) is 11.4 Å². The molecule has 0 radical (unpaired) electrons. The van der Waals surface area contributed by atoms with Crippen molar-refractivity contribution in [1.29, 1.82) is 0 Å². The van der Waals surface area contributed by atoms with E-state index in [-0.39, 0.29) is 29.9 Å². The first kappa shape index (κ1) is 22.2. The Kier molecular flexibility index (Phi) is 8.29. The molecular formula is C22H29IN4O. The second-order valence-corrected chi connectivity index (χ2v) is 7.20. The quantitative estimate of drug-likeness (QED) is 0.270. The van der Waals surface area contributed by atoms with Crippen molar-refractivity contribution in [1.82, 2.24) is 0 Å². The van der Waals surface area contributed by atoms with E-state index in [9.17, 15) is 4.79 Å². The normalized spacial score (nSPS) is 13.2. The molecule has 1 aliphatic heterocycles. The Morgan fingerprint density at radius 3 is 2.79 bits per heavy atom. The number of nitrogens with one attached hydrogen (secondary N) is 1. The number of hydrogen-bond donors (Lipinski definition) is 2. The molecule has 0 aromatic heterocycles. The molecule has 0 saturated heterocycles. The minimum absolute atomic E-state index is 0. The van der Waals surface area contributed by atoms with Gasteiger partial charge in [-0.2, -0.15) is 0 Å². The van der Waals surface area contributed by atoms with Crippen LogP contribution in [0.5, 0.6) is 0 Å². The fourth-order valence-electron chi connectivity index (χ4n) is 3.33. The third-order valence-electron chi connectivity index (χ3n) is 4.84. The zero-order valence-corrected chi connectivity index (χ0v) is 18.9. The summed E-state index contributed by atoms with van der Waals surface area (Å²) in [5.74, 6) is 1.01. The van der Waals surface area contributed by atoms with Crippen LogP contribution in [0.1, 0.15) is 43.7 Å². The zero-order valence-electron chi connectivity index (χ0n) is 16.5. The van der Waals surface area contributed by atoms with Crippen LogP contribution in [0.15, 0.2) is 53.5 Å². The molecule has 0 aliphatic carbocycles. The number of carbonyl (C=O) groups is 1. The summed E-state index contributed by atoms with van der Waals surface area (Å²) >= 11 is 0. The number of guanidine groups is 1. The van der Waals surface area contributed by atoms with E-state index in [1.54, 1.807) is 0 Å². The standard InChI is InChI=1S/C22H28N4O.HI/c1-16(2)18-8-5-9-19(15-18)25-22(23)24-13-6-11-21(27)26-14-12-17-7-3-4-10-20(17)26;/h3-5,7-10,15-16H,6,11-14H2,1-2H3,(H3,23,24,25);1H. The first-order chi connectivity index (χ1) is 13.0. The van der Waals surface area contributed by atoms with Crippen LogP contribution in [0.25, 0.3) is 0 Å². The van der Waals surface area contributed by atoms with E-state index in [0.717, 1.165) is 24.3 Å². The van der Waals surface area contributed by atoms with Crippen molar-refractivity contribution in [2.45, 2.75) is 39.0 Å². The van der Waals surface area contributed by atoms with Crippen LogP contribution in [-0.2, 0) is 11.2 Å². The fraction of sp³-hybridized carbons (Fsp3) is 0.364. The highest BCUT2D eigenvalue weighted by Crippen LogP contribution is 2.28. The predicted octanol–water partition coefficient (Wildman–Crippen LogP) is 4.52. The van der Waals surface area contributed by atoms with Gasteiger partial charge in [-0.25, -0.2) is 0 Å². The van der Waals surface area contributed by atoms with Gasteiger partial charge >= 0.3 is 0 Å². The van der Waals surface area contributed by atoms with Crippen molar-refractivity contribution < 1.29 is 4.79 Å². The summed E-state index contributed by atoms with van der Waals surface area (Å²) in [4.78, 5) is 18.7. The Balaban J connectivity index is 0.00000280. The van der Waals surface area contributed by atoms with E-state index in [2.05, 4.69) is 42.4 Å². The molecule has 5 nitrogen and oxygen atoms in total. The van der Waals surface area contributed by atoms with Crippen LogP contribution in [0.3, 0.4) is 0 Å². The second kappa shape index (κ2) is 10.5. The van der Waals surface area contributed by atoms with E-state index < -0.39 is 0 Å². The minimum Gasteiger partial charge on any atom is -0.370 e. The number of nitrogens with two attached hydrogens (primary N) is 1. The first-order valence-corrected chi connectivity index (χ1v) is 9.60. The van der Waals surface area contributed by atoms with Gasteiger partial charge in [0.05, 0.1) is 0 Å². The Morgan fingerprint density at radius 2 is 2.00 bits per heavy atom. The number of nitrogens with zero attached hydrogens (tertiary/aromatic N) is 2. The summed E-state index contributed by atoms with van der Waals surface area (Å²) in [5.41, 5.74) is 10.5. The molecule has 28 heavy (non-hydrogen) atoms. The summed E-state index contributed by atoms with van der Waals surface area (Å²) in [6.07, 6.45) is 2.10. The molecule has 0 fully saturated rings. The van der Waals surface area contributed by atoms with Crippen molar-refractivity contribution in [3.63, 3.8) is 0 Å². The molecule has 3 N–H and O–H groups in total. The molecule has 2 aromatic rings. The maximum Gasteiger partial charge on any atom is 0.227 e. The average Bonchev–Trinajstić information content (AvgIpc) is 3.09. The molecule has 0 bridgehead atoms. The van der Waals surface area contributed by atoms with E-state index in [4.69, 9.17) is 5.73 Å². The topological polar surface area (TPSA) is 70.7 Å². The van der Waals surface area contributed by atoms with Gasteiger partial charge in [0, 0.05) is 30.9 Å². The maximum absolute atomic E-state index is 12.5. The lowest BCUT2D eigenvalue weighted by molar-refractivity contribution is -0.118. The molecule has 150 valence electrons. The van der Waals surface area contributed by atoms with Crippen molar-refractivity contribution in [3.8, 4) is 0 Å². The lowest BCUT2D eigenvalue weighted by atomic mass is 10.0. The number of benzene rings is 2. The Labute approximate surface area is 184 Å². The molecule has 0 unspecified atom stereocenters. The number of carbonyl (C=O) groups excluding carboxylic acids is 1. The van der Waals surface area contributed by atoms with E-state index in [1.165, 1.54) is 11.1 Å². The molecule has 0 spiro atoms. The van der Waals surface area contributed by atoms with Gasteiger partial charge in [-0.05, 0) is 48.1 Å². The number of aliphatic imine (C=N–C) groups is 1. The van der Waals surface area contributed by atoms with Gasteiger partial charge in [-0.15, -0.1) is 24.0 Å². The highest BCUT2D eigenvalue weighted by atomic mass is 127. The van der Waals surface area contributed by atoms with Crippen LogP contribution >= 0.6 is 24.0 Å². The van der Waals surface area contributed by atoms with Crippen molar-refractivity contribution in [2.75, 3.05) is 23.3 Å². The Hall–Kier alpha value is -2.09. The first-order valence-electron chi connectivity index (χ1n) is 9.60. The van der Waals surface area contributed by atoms with Crippen LogP contribution in [0, 0.1) is 0 Å². The smallest absolute Gasteiger partial charge is 0.227 e. The minimum atomic E-state index is 0. The highest BCUT2D eigenvalue weighted by Gasteiger charge is 2.23. The van der Waals surface area contributed by atoms with Gasteiger partial charge in [0.25, 0.3) is 0 Å². The van der Waals surface area contributed by atoms with Gasteiger partial charge in [-0.1, -0.05) is 44.2 Å². The van der Waals surface area contributed by atoms with Crippen LogP contribution in [0.2, 0.25) is 0 Å². The van der Waals surface area contributed by atoms with Crippen LogP contribution in [-0.4, -0.2) is 25.0 Å². The van der Waals surface area contributed by atoms with Gasteiger partial charge < -0.3 is 16.0 Å². The summed E-state index contributed by atoms with van der Waals surface area (Å²) in [7, 11) is 0. The predicted molar refractivity (Wildman–Crippen MR) is 128 cm³/mol. The summed E-state index contributed by atoms with van der Waals surface area (Å²) < 4.78 is 0. The van der Waals surface area contributed by atoms with E-state index >= 15 is 0 Å². The SMILES string of the molecule is CC(C)c1cccc(NC(N)=NCCCC(=O)N2CCc3ccccc32)c1.I. The number of fused-ring (bicyclic) bond motifs is 1. The van der Waals surface area contributed by atoms with Crippen molar-refractivity contribution >= 4 is 47.2 Å². The summed E-state index contributed by atoms with van der Waals surface area (Å²) in [6, 6.07) is 16.3. The lowest BCUT2D eigenvalue weighted by Gasteiger charge is -2.17. The number of halogens is 1. The zero-order chi connectivity index (χ0) is 19.2. The average molecular weight is 492 g/mol. The van der Waals surface area contributed by atoms with Gasteiger partial charge in [0.2, 0.25) is 5.91 Å². The molecule has 1 aliphatic rings. The number of para-hydroxylation sites is 1. The maximum atomic E-state index is 12.5. The third-order valence-corrected chi connectivity index (χ3v) is 4.84. The van der Waals surface area contributed by atoms with Gasteiger partial charge in [0.1, 0.15) is 0 Å². The summed E-state index contributed by atoms with van der Waals surface area (Å²) in [5, 5.41) is 3.13. The molecule has 0 atom stereocenters. The molecular weight excluding hydrogens is 463 g/mol. The third kappa shape index (κ3) is 5.70. The molecule has 3 rings (SSSR count). The molecule has 1 heterocycles. The molecule has 0 saturated carbocycles. The number of hydrogen-bond acceptors (Lipinski definition) is 2. The molecule has 6 heteroatoms. The number of amides is 1. The highest BCUT2D eigenvalue weighted by molar-refractivity contribution is 14.0. The fourth-order valence-corrected chi connectivity index (χ4v) is 3.33.